The second-order valence-corrected chi connectivity index (χ2v) is 9.58. The molecule has 0 saturated heterocycles. The van der Waals surface area contributed by atoms with Crippen LogP contribution in [0.1, 0.15) is 16.8 Å². The van der Waals surface area contributed by atoms with Crippen LogP contribution in [0.4, 0.5) is 33.2 Å². The minimum atomic E-state index is -3.85. The lowest BCUT2D eigenvalue weighted by Crippen LogP contribution is -2.14. The summed E-state index contributed by atoms with van der Waals surface area (Å²) in [5.74, 6) is 0.574. The molecule has 4 rings (SSSR count). The van der Waals surface area contributed by atoms with Crippen LogP contribution in [-0.4, -0.2) is 18.4 Å². The average Bonchev–Trinajstić information content (AvgIpc) is 2.76. The van der Waals surface area contributed by atoms with E-state index in [2.05, 4.69) is 25.3 Å². The fourth-order valence-electron chi connectivity index (χ4n) is 3.35. The van der Waals surface area contributed by atoms with Crippen LogP contribution >= 0.6 is 0 Å². The van der Waals surface area contributed by atoms with E-state index < -0.39 is 15.8 Å². The maximum atomic E-state index is 13.3. The molecule has 1 heterocycles. The smallest absolute Gasteiger partial charge is 0.262 e. The maximum Gasteiger partial charge on any atom is 0.262 e. The normalized spacial score (nSPS) is 11.2. The average molecular weight is 478 g/mol. The Labute approximate surface area is 198 Å². The first-order chi connectivity index (χ1) is 16.2. The van der Waals surface area contributed by atoms with Crippen molar-refractivity contribution in [3.05, 3.63) is 95.4 Å². The van der Waals surface area contributed by atoms with Gasteiger partial charge in [0.1, 0.15) is 11.6 Å². The van der Waals surface area contributed by atoms with Crippen LogP contribution in [0.15, 0.2) is 77.7 Å². The summed E-state index contributed by atoms with van der Waals surface area (Å²) < 4.78 is 41.2. The Hall–Kier alpha value is -3.98. The highest BCUT2D eigenvalue weighted by Crippen LogP contribution is 2.23. The molecule has 9 heteroatoms. The SMILES string of the molecule is Cc1ccc(Nc2cc(C)nc(Nc3ccc(NS(=O)(=O)c4ccc(F)cc4C)cc3)n2)cc1. The van der Waals surface area contributed by atoms with Gasteiger partial charge in [0, 0.05) is 28.8 Å². The fraction of sp³-hybridized carbons (Fsp3) is 0.120. The van der Waals surface area contributed by atoms with Gasteiger partial charge in [0.2, 0.25) is 5.95 Å². The highest BCUT2D eigenvalue weighted by Gasteiger charge is 2.17. The van der Waals surface area contributed by atoms with Gasteiger partial charge in [0.25, 0.3) is 10.0 Å². The molecule has 3 aromatic carbocycles. The van der Waals surface area contributed by atoms with Crippen molar-refractivity contribution < 1.29 is 12.8 Å². The largest absolute Gasteiger partial charge is 0.340 e. The third-order valence-electron chi connectivity index (χ3n) is 5.00. The molecule has 0 aliphatic rings. The lowest BCUT2D eigenvalue weighted by molar-refractivity contribution is 0.598. The lowest BCUT2D eigenvalue weighted by atomic mass is 10.2. The van der Waals surface area contributed by atoms with Crippen LogP contribution in [0.2, 0.25) is 0 Å². The number of anilines is 5. The predicted octanol–water partition coefficient (Wildman–Crippen LogP) is 5.83. The molecule has 4 aromatic rings. The summed E-state index contributed by atoms with van der Waals surface area (Å²) in [6.45, 7) is 5.46. The molecule has 0 atom stereocenters. The number of aryl methyl sites for hydroxylation is 3. The summed E-state index contributed by atoms with van der Waals surface area (Å²) in [6, 6.07) is 20.1. The minimum absolute atomic E-state index is 0.0258. The third-order valence-corrected chi connectivity index (χ3v) is 6.54. The van der Waals surface area contributed by atoms with E-state index in [1.54, 1.807) is 31.2 Å². The van der Waals surface area contributed by atoms with Crippen molar-refractivity contribution in [1.29, 1.82) is 0 Å². The molecule has 0 spiro atoms. The summed E-state index contributed by atoms with van der Waals surface area (Å²) in [5.41, 5.74) is 4.27. The van der Waals surface area contributed by atoms with Crippen molar-refractivity contribution in [2.75, 3.05) is 15.4 Å². The Kier molecular flexibility index (Phi) is 6.47. The number of hydrogen-bond acceptors (Lipinski definition) is 6. The summed E-state index contributed by atoms with van der Waals surface area (Å²) >= 11 is 0. The van der Waals surface area contributed by atoms with Gasteiger partial charge in [0.15, 0.2) is 0 Å². The predicted molar refractivity (Wildman–Crippen MR) is 133 cm³/mol. The maximum absolute atomic E-state index is 13.3. The van der Waals surface area contributed by atoms with E-state index in [-0.39, 0.29) is 4.90 Å². The molecule has 174 valence electrons. The van der Waals surface area contributed by atoms with Crippen molar-refractivity contribution >= 4 is 38.9 Å². The minimum Gasteiger partial charge on any atom is -0.340 e. The third kappa shape index (κ3) is 5.68. The molecule has 0 aliphatic heterocycles. The lowest BCUT2D eigenvalue weighted by Gasteiger charge is -2.12. The van der Waals surface area contributed by atoms with Crippen LogP contribution < -0.4 is 15.4 Å². The standard InChI is InChI=1S/C25H24FN5O2S/c1-16-4-7-20(8-5-16)28-24-15-18(3)27-25(30-24)29-21-9-11-22(12-10-21)31-34(32,33)23-13-6-19(26)14-17(23)2/h4-15,31H,1-3H3,(H2,27,28,29,30). The van der Waals surface area contributed by atoms with Gasteiger partial charge in [-0.2, -0.15) is 4.98 Å². The van der Waals surface area contributed by atoms with Gasteiger partial charge in [-0.25, -0.2) is 17.8 Å². The van der Waals surface area contributed by atoms with Gasteiger partial charge in [0.05, 0.1) is 4.90 Å². The number of hydrogen-bond donors (Lipinski definition) is 3. The zero-order valence-electron chi connectivity index (χ0n) is 18.9. The molecular weight excluding hydrogens is 453 g/mol. The topological polar surface area (TPSA) is 96.0 Å². The molecule has 0 radical (unpaired) electrons. The Morgan fingerprint density at radius 2 is 1.35 bits per heavy atom. The van der Waals surface area contributed by atoms with Gasteiger partial charge in [-0.15, -0.1) is 0 Å². The highest BCUT2D eigenvalue weighted by molar-refractivity contribution is 7.92. The number of nitrogens with one attached hydrogen (secondary N) is 3. The summed E-state index contributed by atoms with van der Waals surface area (Å²) in [4.78, 5) is 8.95. The number of rotatable bonds is 7. The number of benzene rings is 3. The van der Waals surface area contributed by atoms with Crippen molar-refractivity contribution in [2.45, 2.75) is 25.7 Å². The number of sulfonamides is 1. The number of nitrogens with zero attached hydrogens (tertiary/aromatic N) is 2. The van der Waals surface area contributed by atoms with E-state index in [0.29, 0.717) is 28.7 Å². The molecule has 7 nitrogen and oxygen atoms in total. The van der Waals surface area contributed by atoms with Crippen molar-refractivity contribution in [2.24, 2.45) is 0 Å². The van der Waals surface area contributed by atoms with E-state index >= 15 is 0 Å². The first-order valence-electron chi connectivity index (χ1n) is 10.5. The molecule has 0 amide bonds. The van der Waals surface area contributed by atoms with Gasteiger partial charge in [-0.3, -0.25) is 4.72 Å². The highest BCUT2D eigenvalue weighted by atomic mass is 32.2. The molecule has 0 fully saturated rings. The Morgan fingerprint density at radius 1 is 0.735 bits per heavy atom. The Balaban J connectivity index is 1.47. The van der Waals surface area contributed by atoms with Crippen LogP contribution in [0.25, 0.3) is 0 Å². The van der Waals surface area contributed by atoms with Gasteiger partial charge < -0.3 is 10.6 Å². The van der Waals surface area contributed by atoms with Gasteiger partial charge in [-0.05, 0) is 80.9 Å². The van der Waals surface area contributed by atoms with Crippen molar-refractivity contribution in [3.63, 3.8) is 0 Å². The molecule has 0 bridgehead atoms. The van der Waals surface area contributed by atoms with E-state index in [1.165, 1.54) is 17.7 Å². The first kappa shape index (κ1) is 23.2. The van der Waals surface area contributed by atoms with Gasteiger partial charge >= 0.3 is 0 Å². The molecule has 3 N–H and O–H groups in total. The molecule has 0 unspecified atom stereocenters. The first-order valence-corrected chi connectivity index (χ1v) is 12.0. The van der Waals surface area contributed by atoms with Gasteiger partial charge in [-0.1, -0.05) is 17.7 Å². The van der Waals surface area contributed by atoms with E-state index in [0.717, 1.165) is 17.4 Å². The molecule has 34 heavy (non-hydrogen) atoms. The molecule has 0 aliphatic carbocycles. The van der Waals surface area contributed by atoms with Crippen LogP contribution in [-0.2, 0) is 10.0 Å². The summed E-state index contributed by atoms with van der Waals surface area (Å²) in [6.07, 6.45) is 0. The number of halogens is 1. The van der Waals surface area contributed by atoms with E-state index in [4.69, 9.17) is 0 Å². The number of aromatic nitrogens is 2. The molecule has 0 saturated carbocycles. The van der Waals surface area contributed by atoms with Crippen molar-refractivity contribution in [1.82, 2.24) is 9.97 Å². The second-order valence-electron chi connectivity index (χ2n) is 7.93. The van der Waals surface area contributed by atoms with Crippen LogP contribution in [0, 0.1) is 26.6 Å². The Morgan fingerprint density at radius 3 is 2.03 bits per heavy atom. The molecular formula is C25H24FN5O2S. The second kappa shape index (κ2) is 9.48. The van der Waals surface area contributed by atoms with E-state index in [9.17, 15) is 12.8 Å². The monoisotopic (exact) mass is 477 g/mol. The molecule has 1 aromatic heterocycles. The van der Waals surface area contributed by atoms with Crippen LogP contribution in [0.5, 0.6) is 0 Å². The van der Waals surface area contributed by atoms with E-state index in [1.807, 2.05) is 44.2 Å². The quantitative estimate of drug-likeness (QED) is 0.310. The fourth-order valence-corrected chi connectivity index (χ4v) is 4.63. The van der Waals surface area contributed by atoms with Crippen LogP contribution in [0.3, 0.4) is 0 Å². The summed E-state index contributed by atoms with van der Waals surface area (Å²) in [5, 5.41) is 6.40. The summed E-state index contributed by atoms with van der Waals surface area (Å²) in [7, 11) is -3.85. The zero-order valence-corrected chi connectivity index (χ0v) is 19.7. The zero-order chi connectivity index (χ0) is 24.3. The Bertz CT molecular complexity index is 1420. The van der Waals surface area contributed by atoms with Crippen molar-refractivity contribution in [3.8, 4) is 0 Å².